The zero-order chi connectivity index (χ0) is 37.0. The van der Waals surface area contributed by atoms with Crippen molar-refractivity contribution in [2.24, 2.45) is 0 Å². The van der Waals surface area contributed by atoms with Gasteiger partial charge in [0.05, 0.1) is 16.7 Å². The van der Waals surface area contributed by atoms with Crippen LogP contribution in [0.2, 0.25) is 0 Å². The van der Waals surface area contributed by atoms with E-state index in [2.05, 4.69) is 228 Å². The Bertz CT molecular complexity index is 3080. The van der Waals surface area contributed by atoms with Gasteiger partial charge in [0.2, 0.25) is 0 Å². The van der Waals surface area contributed by atoms with Gasteiger partial charge in [-0.1, -0.05) is 170 Å². The first-order valence-corrected chi connectivity index (χ1v) is 19.3. The summed E-state index contributed by atoms with van der Waals surface area (Å²) >= 11 is 0. The molecular formula is C54H36N2. The van der Waals surface area contributed by atoms with Crippen LogP contribution in [0.3, 0.4) is 0 Å². The van der Waals surface area contributed by atoms with Gasteiger partial charge in [0, 0.05) is 33.2 Å². The summed E-state index contributed by atoms with van der Waals surface area (Å²) in [6.07, 6.45) is 0. The molecule has 0 spiro atoms. The summed E-state index contributed by atoms with van der Waals surface area (Å²) in [4.78, 5) is 2.46. The average molecular weight is 713 g/mol. The fourth-order valence-corrected chi connectivity index (χ4v) is 8.80. The Hall–Kier alpha value is -7.42. The van der Waals surface area contributed by atoms with Crippen molar-refractivity contribution in [3.8, 4) is 27.9 Å². The van der Waals surface area contributed by atoms with Gasteiger partial charge in [0.25, 0.3) is 0 Å². The summed E-state index contributed by atoms with van der Waals surface area (Å²) in [5.74, 6) is 0. The molecule has 0 aliphatic heterocycles. The molecule has 0 amide bonds. The van der Waals surface area contributed by atoms with Gasteiger partial charge in [-0.05, 0) is 97.7 Å². The Labute approximate surface area is 325 Å². The number of hydrogen-bond acceptors (Lipinski definition) is 1. The zero-order valence-corrected chi connectivity index (χ0v) is 30.7. The molecule has 0 atom stereocenters. The molecule has 0 aliphatic carbocycles. The molecule has 0 saturated heterocycles. The lowest BCUT2D eigenvalue weighted by atomic mass is 9.92. The number of anilines is 3. The molecule has 2 nitrogen and oxygen atoms in total. The number of fused-ring (bicyclic) bond motifs is 9. The predicted octanol–water partition coefficient (Wildman–Crippen LogP) is 15.0. The quantitative estimate of drug-likeness (QED) is 0.156. The summed E-state index contributed by atoms with van der Waals surface area (Å²) < 4.78 is 2.45. The second-order valence-corrected chi connectivity index (χ2v) is 14.5. The van der Waals surface area contributed by atoms with Gasteiger partial charge < -0.3 is 9.47 Å². The van der Waals surface area contributed by atoms with Crippen LogP contribution in [0.15, 0.2) is 218 Å². The second-order valence-electron chi connectivity index (χ2n) is 14.5. The molecule has 1 aromatic heterocycles. The zero-order valence-electron chi connectivity index (χ0n) is 30.7. The van der Waals surface area contributed by atoms with E-state index in [-0.39, 0.29) is 0 Å². The standard InChI is InChI=1S/C54H36N2/c1-3-15-37(16-4-1)39-27-31-41(32-28-39)55(42-33-29-40(30-34-42)38-17-5-2-6-18-38)53-36-43(56-51-25-13-11-22-47(51)48-23-12-14-26-52(48)56)35-50-46-21-8-7-19-44(46)45-20-9-10-24-49(45)54(50)53/h1-36H. The second kappa shape index (κ2) is 13.2. The number of rotatable bonds is 6. The van der Waals surface area contributed by atoms with E-state index in [0.29, 0.717) is 0 Å². The van der Waals surface area contributed by atoms with Crippen LogP contribution >= 0.6 is 0 Å². The molecule has 0 bridgehead atoms. The van der Waals surface area contributed by atoms with E-state index in [1.807, 2.05) is 0 Å². The average Bonchev–Trinajstić information content (AvgIpc) is 3.62. The van der Waals surface area contributed by atoms with Crippen molar-refractivity contribution in [3.05, 3.63) is 218 Å². The van der Waals surface area contributed by atoms with Crippen molar-refractivity contribution in [3.63, 3.8) is 0 Å². The molecular weight excluding hydrogens is 677 g/mol. The molecule has 0 unspecified atom stereocenters. The van der Waals surface area contributed by atoms with Crippen LogP contribution in [-0.4, -0.2) is 4.57 Å². The van der Waals surface area contributed by atoms with Gasteiger partial charge in [0.1, 0.15) is 0 Å². The molecule has 0 saturated carbocycles. The van der Waals surface area contributed by atoms with E-state index < -0.39 is 0 Å². The highest BCUT2D eigenvalue weighted by Gasteiger charge is 2.22. The topological polar surface area (TPSA) is 8.17 Å². The van der Waals surface area contributed by atoms with Crippen molar-refractivity contribution in [2.45, 2.75) is 0 Å². The van der Waals surface area contributed by atoms with Crippen molar-refractivity contribution in [2.75, 3.05) is 4.90 Å². The highest BCUT2D eigenvalue weighted by Crippen LogP contribution is 2.47. The number of para-hydroxylation sites is 2. The fraction of sp³-hybridized carbons (Fsp3) is 0. The van der Waals surface area contributed by atoms with E-state index in [4.69, 9.17) is 0 Å². The van der Waals surface area contributed by atoms with Gasteiger partial charge >= 0.3 is 0 Å². The maximum atomic E-state index is 2.46. The minimum absolute atomic E-state index is 1.09. The van der Waals surface area contributed by atoms with Crippen molar-refractivity contribution < 1.29 is 0 Å². The molecule has 56 heavy (non-hydrogen) atoms. The molecule has 11 aromatic rings. The van der Waals surface area contributed by atoms with Crippen LogP contribution in [0.25, 0.3) is 82.1 Å². The van der Waals surface area contributed by atoms with Gasteiger partial charge in [0.15, 0.2) is 0 Å². The van der Waals surface area contributed by atoms with Crippen molar-refractivity contribution in [1.29, 1.82) is 0 Å². The van der Waals surface area contributed by atoms with Gasteiger partial charge in [-0.3, -0.25) is 0 Å². The van der Waals surface area contributed by atoms with Crippen LogP contribution in [0.5, 0.6) is 0 Å². The van der Waals surface area contributed by atoms with Gasteiger partial charge in [-0.25, -0.2) is 0 Å². The third kappa shape index (κ3) is 5.19. The predicted molar refractivity (Wildman–Crippen MR) is 239 cm³/mol. The summed E-state index contributed by atoms with van der Waals surface area (Å²) in [5.41, 5.74) is 11.6. The summed E-state index contributed by atoms with van der Waals surface area (Å²) in [5, 5.41) is 9.92. The maximum absolute atomic E-state index is 2.46. The lowest BCUT2D eigenvalue weighted by Gasteiger charge is -2.29. The first-order valence-electron chi connectivity index (χ1n) is 19.3. The normalized spacial score (nSPS) is 11.6. The van der Waals surface area contributed by atoms with E-state index in [1.165, 1.54) is 76.4 Å². The van der Waals surface area contributed by atoms with E-state index in [9.17, 15) is 0 Å². The van der Waals surface area contributed by atoms with Crippen LogP contribution < -0.4 is 4.90 Å². The monoisotopic (exact) mass is 712 g/mol. The Morgan fingerprint density at radius 2 is 0.661 bits per heavy atom. The first kappa shape index (κ1) is 32.0. The number of nitrogens with zero attached hydrogens (tertiary/aromatic N) is 2. The molecule has 0 aliphatic rings. The number of hydrogen-bond donors (Lipinski definition) is 0. The Balaban J connectivity index is 1.25. The minimum Gasteiger partial charge on any atom is -0.310 e. The lowest BCUT2D eigenvalue weighted by molar-refractivity contribution is 1.18. The number of benzene rings is 10. The smallest absolute Gasteiger partial charge is 0.0567 e. The van der Waals surface area contributed by atoms with E-state index >= 15 is 0 Å². The molecule has 0 fully saturated rings. The lowest BCUT2D eigenvalue weighted by Crippen LogP contribution is -2.11. The van der Waals surface area contributed by atoms with Crippen LogP contribution in [0.4, 0.5) is 17.1 Å². The van der Waals surface area contributed by atoms with Gasteiger partial charge in [-0.15, -0.1) is 0 Å². The molecule has 10 aromatic carbocycles. The SMILES string of the molecule is c1ccc(-c2ccc(N(c3ccc(-c4ccccc4)cc3)c3cc(-n4c5ccccc5c5ccccc54)cc4c5ccccc5c5ccccc5c34)cc2)cc1. The Kier molecular flexibility index (Phi) is 7.53. The minimum atomic E-state index is 1.09. The van der Waals surface area contributed by atoms with Gasteiger partial charge in [-0.2, -0.15) is 0 Å². The highest BCUT2D eigenvalue weighted by molar-refractivity contribution is 6.29. The fourth-order valence-electron chi connectivity index (χ4n) is 8.80. The molecule has 1 heterocycles. The van der Waals surface area contributed by atoms with Crippen molar-refractivity contribution >= 4 is 71.2 Å². The first-order chi connectivity index (χ1) is 27.8. The van der Waals surface area contributed by atoms with Crippen LogP contribution in [0.1, 0.15) is 0 Å². The summed E-state index contributed by atoms with van der Waals surface area (Å²) in [6, 6.07) is 79.6. The summed E-state index contributed by atoms with van der Waals surface area (Å²) in [7, 11) is 0. The molecule has 262 valence electrons. The highest BCUT2D eigenvalue weighted by atomic mass is 15.1. The summed E-state index contributed by atoms with van der Waals surface area (Å²) in [6.45, 7) is 0. The number of aromatic nitrogens is 1. The third-order valence-electron chi connectivity index (χ3n) is 11.4. The third-order valence-corrected chi connectivity index (χ3v) is 11.4. The molecule has 0 radical (unpaired) electrons. The van der Waals surface area contributed by atoms with E-state index in [1.54, 1.807) is 0 Å². The van der Waals surface area contributed by atoms with Crippen LogP contribution in [-0.2, 0) is 0 Å². The molecule has 0 N–H and O–H groups in total. The van der Waals surface area contributed by atoms with Crippen molar-refractivity contribution in [1.82, 2.24) is 4.57 Å². The maximum Gasteiger partial charge on any atom is 0.0567 e. The Morgan fingerprint density at radius 1 is 0.286 bits per heavy atom. The largest absolute Gasteiger partial charge is 0.310 e. The van der Waals surface area contributed by atoms with Crippen LogP contribution in [0, 0.1) is 0 Å². The molecule has 11 rings (SSSR count). The van der Waals surface area contributed by atoms with E-state index in [0.717, 1.165) is 22.7 Å². The Morgan fingerprint density at radius 3 is 1.16 bits per heavy atom. The molecule has 2 heteroatoms.